The van der Waals surface area contributed by atoms with Gasteiger partial charge in [0.05, 0.1) is 6.33 Å². The van der Waals surface area contributed by atoms with E-state index in [4.69, 9.17) is 18.0 Å². The second-order valence-corrected chi connectivity index (χ2v) is 5.20. The summed E-state index contributed by atoms with van der Waals surface area (Å²) in [5, 5.41) is -0.0678. The number of imidazole rings is 1. The maximum atomic E-state index is 11.7. The summed E-state index contributed by atoms with van der Waals surface area (Å²) >= 11 is 5.78. The number of nitrogens with zero attached hydrogens (tertiary/aromatic N) is 2. The van der Waals surface area contributed by atoms with E-state index >= 15 is 0 Å². The van der Waals surface area contributed by atoms with Gasteiger partial charge in [-0.1, -0.05) is 11.6 Å². The summed E-state index contributed by atoms with van der Waals surface area (Å²) in [7, 11) is -2.02. The quantitative estimate of drug-likeness (QED) is 0.629. The lowest BCUT2D eigenvalue weighted by atomic mass is 10.3. The molecule has 0 bridgehead atoms. The Hall–Kier alpha value is -1.03. The highest BCUT2D eigenvalue weighted by Gasteiger charge is 2.21. The van der Waals surface area contributed by atoms with Crippen molar-refractivity contribution in [3.05, 3.63) is 11.5 Å². The Labute approximate surface area is 99.9 Å². The Morgan fingerprint density at radius 1 is 1.69 bits per heavy atom. The second kappa shape index (κ2) is 5.34. The number of terminal acetylenes is 1. The molecule has 0 aliphatic heterocycles. The molecule has 0 atom stereocenters. The van der Waals surface area contributed by atoms with Gasteiger partial charge in [0.15, 0.2) is 0 Å². The van der Waals surface area contributed by atoms with Gasteiger partial charge in [0.1, 0.15) is 5.15 Å². The van der Waals surface area contributed by atoms with E-state index < -0.39 is 10.0 Å². The predicted octanol–water partition coefficient (Wildman–Crippen LogP) is 0.765. The molecule has 88 valence electrons. The molecule has 7 heteroatoms. The molecule has 1 heterocycles. The van der Waals surface area contributed by atoms with Crippen molar-refractivity contribution in [2.24, 2.45) is 7.05 Å². The van der Waals surface area contributed by atoms with Gasteiger partial charge >= 0.3 is 0 Å². The van der Waals surface area contributed by atoms with Crippen LogP contribution in [0.4, 0.5) is 0 Å². The normalized spacial score (nSPS) is 11.3. The lowest BCUT2D eigenvalue weighted by Crippen LogP contribution is -2.25. The van der Waals surface area contributed by atoms with E-state index in [0.717, 1.165) is 0 Å². The molecular weight excluding hydrogens is 250 g/mol. The van der Waals surface area contributed by atoms with Crippen LogP contribution in [0.1, 0.15) is 12.8 Å². The number of hydrogen-bond donors (Lipinski definition) is 1. The molecule has 1 aromatic rings. The second-order valence-electron chi connectivity index (χ2n) is 3.16. The zero-order valence-electron chi connectivity index (χ0n) is 8.77. The molecule has 1 N–H and O–H groups in total. The molecular formula is C9H12ClN3O2S. The summed E-state index contributed by atoms with van der Waals surface area (Å²) in [5.74, 6) is 2.43. The topological polar surface area (TPSA) is 64.0 Å². The van der Waals surface area contributed by atoms with Gasteiger partial charge in [0, 0.05) is 20.0 Å². The summed E-state index contributed by atoms with van der Waals surface area (Å²) in [5.41, 5.74) is 0. The van der Waals surface area contributed by atoms with Crippen LogP contribution in [0.15, 0.2) is 11.4 Å². The third-order valence-electron chi connectivity index (χ3n) is 1.88. The highest BCUT2D eigenvalue weighted by molar-refractivity contribution is 7.89. The van der Waals surface area contributed by atoms with Gasteiger partial charge in [-0.15, -0.1) is 12.3 Å². The van der Waals surface area contributed by atoms with Crippen LogP contribution in [0.2, 0.25) is 5.15 Å². The third kappa shape index (κ3) is 2.98. The van der Waals surface area contributed by atoms with Gasteiger partial charge < -0.3 is 4.57 Å². The Morgan fingerprint density at radius 2 is 2.38 bits per heavy atom. The molecule has 0 spiro atoms. The van der Waals surface area contributed by atoms with Crippen molar-refractivity contribution in [1.82, 2.24) is 14.3 Å². The Kier molecular flexibility index (Phi) is 4.35. The van der Waals surface area contributed by atoms with Crippen LogP contribution < -0.4 is 4.72 Å². The smallest absolute Gasteiger partial charge is 0.261 e. The molecule has 0 saturated heterocycles. The van der Waals surface area contributed by atoms with Crippen LogP contribution in [0.5, 0.6) is 0 Å². The van der Waals surface area contributed by atoms with E-state index in [1.54, 1.807) is 7.05 Å². The first-order chi connectivity index (χ1) is 7.49. The molecule has 0 amide bonds. The van der Waals surface area contributed by atoms with Gasteiger partial charge in [0.25, 0.3) is 10.0 Å². The van der Waals surface area contributed by atoms with Gasteiger partial charge in [-0.3, -0.25) is 0 Å². The molecule has 5 nitrogen and oxygen atoms in total. The molecule has 0 aliphatic carbocycles. The molecule has 1 aromatic heterocycles. The molecule has 0 radical (unpaired) electrons. The molecule has 0 fully saturated rings. The zero-order valence-corrected chi connectivity index (χ0v) is 10.3. The van der Waals surface area contributed by atoms with E-state index in [0.29, 0.717) is 12.8 Å². The highest BCUT2D eigenvalue weighted by Crippen LogP contribution is 2.17. The van der Waals surface area contributed by atoms with Gasteiger partial charge in [-0.25, -0.2) is 18.1 Å². The zero-order chi connectivity index (χ0) is 12.2. The fourth-order valence-electron chi connectivity index (χ4n) is 1.04. The Bertz CT molecular complexity index is 501. The van der Waals surface area contributed by atoms with Crippen LogP contribution in [0, 0.1) is 12.3 Å². The van der Waals surface area contributed by atoms with Gasteiger partial charge in [0.2, 0.25) is 5.03 Å². The number of aromatic nitrogens is 2. The molecule has 1 rings (SSSR count). The minimum atomic E-state index is -3.63. The van der Waals surface area contributed by atoms with Crippen LogP contribution in [0.25, 0.3) is 0 Å². The SMILES string of the molecule is C#CCCCNS(=O)(=O)c1ncn(C)c1Cl. The number of nitrogens with one attached hydrogen (secondary N) is 1. The van der Waals surface area contributed by atoms with E-state index in [9.17, 15) is 8.42 Å². The van der Waals surface area contributed by atoms with Gasteiger partial charge in [-0.05, 0) is 6.42 Å². The van der Waals surface area contributed by atoms with Crippen molar-refractivity contribution in [2.75, 3.05) is 6.54 Å². The van der Waals surface area contributed by atoms with Crippen molar-refractivity contribution in [2.45, 2.75) is 17.9 Å². The van der Waals surface area contributed by atoms with Crippen LogP contribution in [-0.2, 0) is 17.1 Å². The number of halogens is 1. The van der Waals surface area contributed by atoms with E-state index in [1.165, 1.54) is 10.9 Å². The first kappa shape index (κ1) is 13.0. The Morgan fingerprint density at radius 3 is 2.88 bits per heavy atom. The maximum absolute atomic E-state index is 11.7. The summed E-state index contributed by atoms with van der Waals surface area (Å²) in [4.78, 5) is 3.73. The first-order valence-corrected chi connectivity index (χ1v) is 6.45. The average molecular weight is 262 g/mol. The van der Waals surface area contributed by atoms with Crippen molar-refractivity contribution in [3.8, 4) is 12.3 Å². The van der Waals surface area contributed by atoms with Crippen molar-refractivity contribution < 1.29 is 8.42 Å². The maximum Gasteiger partial charge on any atom is 0.261 e. The standard InChI is InChI=1S/C9H12ClN3O2S/c1-3-4-5-6-12-16(14,15)9-8(10)13(2)7-11-9/h1,7,12H,4-6H2,2H3. The van der Waals surface area contributed by atoms with Crippen molar-refractivity contribution >= 4 is 21.6 Å². The predicted molar refractivity (Wildman–Crippen MR) is 61.5 cm³/mol. The lowest BCUT2D eigenvalue weighted by molar-refractivity contribution is 0.576. The highest BCUT2D eigenvalue weighted by atomic mass is 35.5. The number of aryl methyl sites for hydroxylation is 1. The number of rotatable bonds is 5. The number of unbranched alkanes of at least 4 members (excludes halogenated alkanes) is 1. The van der Waals surface area contributed by atoms with Crippen molar-refractivity contribution in [1.29, 1.82) is 0 Å². The van der Waals surface area contributed by atoms with Crippen LogP contribution in [-0.4, -0.2) is 24.5 Å². The number of sulfonamides is 1. The fraction of sp³-hybridized carbons (Fsp3) is 0.444. The minimum absolute atomic E-state index is 0.0875. The minimum Gasteiger partial charge on any atom is -0.324 e. The summed E-state index contributed by atoms with van der Waals surface area (Å²) in [6, 6.07) is 0. The number of hydrogen-bond acceptors (Lipinski definition) is 3. The van der Waals surface area contributed by atoms with Crippen LogP contribution in [0.3, 0.4) is 0 Å². The molecule has 0 aromatic carbocycles. The van der Waals surface area contributed by atoms with Crippen LogP contribution >= 0.6 is 11.6 Å². The molecule has 0 saturated carbocycles. The molecule has 16 heavy (non-hydrogen) atoms. The fourth-order valence-corrected chi connectivity index (χ4v) is 2.54. The summed E-state index contributed by atoms with van der Waals surface area (Å²) in [6.07, 6.45) is 7.51. The molecule has 0 unspecified atom stereocenters. The third-order valence-corrected chi connectivity index (χ3v) is 3.83. The van der Waals surface area contributed by atoms with E-state index in [2.05, 4.69) is 15.6 Å². The molecule has 0 aliphatic rings. The summed E-state index contributed by atoms with van der Waals surface area (Å²) in [6.45, 7) is 0.277. The largest absolute Gasteiger partial charge is 0.324 e. The van der Waals surface area contributed by atoms with Crippen molar-refractivity contribution in [3.63, 3.8) is 0 Å². The summed E-state index contributed by atoms with van der Waals surface area (Å²) < 4.78 is 27.2. The van der Waals surface area contributed by atoms with E-state index in [-0.39, 0.29) is 16.7 Å². The lowest BCUT2D eigenvalue weighted by Gasteiger charge is -2.03. The monoisotopic (exact) mass is 261 g/mol. The first-order valence-electron chi connectivity index (χ1n) is 4.59. The average Bonchev–Trinajstić information content (AvgIpc) is 2.55. The van der Waals surface area contributed by atoms with E-state index in [1.807, 2.05) is 0 Å². The van der Waals surface area contributed by atoms with Gasteiger partial charge in [-0.2, -0.15) is 0 Å². The Balaban J connectivity index is 2.72.